The van der Waals surface area contributed by atoms with E-state index in [4.69, 9.17) is 5.26 Å². The predicted molar refractivity (Wildman–Crippen MR) is 74.1 cm³/mol. The highest BCUT2D eigenvalue weighted by Crippen LogP contribution is 2.19. The number of nitriles is 1. The van der Waals surface area contributed by atoms with Crippen molar-refractivity contribution in [3.05, 3.63) is 29.8 Å². The van der Waals surface area contributed by atoms with Crippen LogP contribution in [-0.2, 0) is 0 Å². The summed E-state index contributed by atoms with van der Waals surface area (Å²) in [6.07, 6.45) is 3.64. The standard InChI is InChI=1S/C14H20N2S/c1-4-13(9-10-15)16-11(2)12-5-7-14(17-3)8-6-12/h5-8,11,13,16H,4,9H2,1-3H3. The SMILES string of the molecule is CCC(CC#N)NC(C)c1ccc(SC)cc1. The highest BCUT2D eigenvalue weighted by atomic mass is 32.2. The van der Waals surface area contributed by atoms with Crippen molar-refractivity contribution in [2.75, 3.05) is 6.26 Å². The summed E-state index contributed by atoms with van der Waals surface area (Å²) in [5.74, 6) is 0. The molecule has 17 heavy (non-hydrogen) atoms. The van der Waals surface area contributed by atoms with Crippen LogP contribution < -0.4 is 5.32 Å². The molecule has 2 atom stereocenters. The maximum atomic E-state index is 8.73. The lowest BCUT2D eigenvalue weighted by Gasteiger charge is -2.20. The normalized spacial score (nSPS) is 14.0. The number of nitrogens with zero attached hydrogens (tertiary/aromatic N) is 1. The molecule has 0 radical (unpaired) electrons. The Hall–Kier alpha value is -0.980. The second-order valence-corrected chi connectivity index (χ2v) is 5.01. The van der Waals surface area contributed by atoms with Crippen LogP contribution in [0, 0.1) is 11.3 Å². The zero-order valence-electron chi connectivity index (χ0n) is 10.7. The van der Waals surface area contributed by atoms with Crippen molar-refractivity contribution < 1.29 is 0 Å². The van der Waals surface area contributed by atoms with E-state index in [0.29, 0.717) is 12.5 Å². The Balaban J connectivity index is 2.62. The molecule has 0 spiro atoms. The van der Waals surface area contributed by atoms with Crippen molar-refractivity contribution in [3.8, 4) is 6.07 Å². The number of thioether (sulfide) groups is 1. The van der Waals surface area contributed by atoms with Gasteiger partial charge in [0.05, 0.1) is 12.5 Å². The Morgan fingerprint density at radius 2 is 2.00 bits per heavy atom. The van der Waals surface area contributed by atoms with E-state index in [1.54, 1.807) is 11.8 Å². The molecule has 0 amide bonds. The fourth-order valence-electron chi connectivity index (χ4n) is 1.77. The van der Waals surface area contributed by atoms with E-state index in [-0.39, 0.29) is 6.04 Å². The summed E-state index contributed by atoms with van der Waals surface area (Å²) in [5, 5.41) is 12.2. The van der Waals surface area contributed by atoms with E-state index in [2.05, 4.69) is 55.8 Å². The van der Waals surface area contributed by atoms with Gasteiger partial charge in [-0.2, -0.15) is 5.26 Å². The molecule has 92 valence electrons. The van der Waals surface area contributed by atoms with Gasteiger partial charge in [0.2, 0.25) is 0 Å². The van der Waals surface area contributed by atoms with Crippen molar-refractivity contribution >= 4 is 11.8 Å². The van der Waals surface area contributed by atoms with Gasteiger partial charge in [-0.05, 0) is 37.3 Å². The number of hydrogen-bond acceptors (Lipinski definition) is 3. The maximum absolute atomic E-state index is 8.73. The van der Waals surface area contributed by atoms with Gasteiger partial charge in [0.1, 0.15) is 0 Å². The van der Waals surface area contributed by atoms with E-state index in [9.17, 15) is 0 Å². The fourth-order valence-corrected chi connectivity index (χ4v) is 2.18. The Morgan fingerprint density at radius 1 is 1.35 bits per heavy atom. The molecule has 1 aromatic carbocycles. The van der Waals surface area contributed by atoms with Crippen LogP contribution in [0.15, 0.2) is 29.2 Å². The molecule has 0 saturated carbocycles. The Kier molecular flexibility index (Phi) is 6.10. The first kappa shape index (κ1) is 14.1. The number of nitrogens with one attached hydrogen (secondary N) is 1. The summed E-state index contributed by atoms with van der Waals surface area (Å²) in [5.41, 5.74) is 1.28. The molecule has 0 bridgehead atoms. The van der Waals surface area contributed by atoms with E-state index in [1.807, 2.05) is 0 Å². The van der Waals surface area contributed by atoms with E-state index in [1.165, 1.54) is 10.5 Å². The van der Waals surface area contributed by atoms with Crippen molar-refractivity contribution in [1.29, 1.82) is 5.26 Å². The van der Waals surface area contributed by atoms with Crippen LogP contribution in [-0.4, -0.2) is 12.3 Å². The minimum Gasteiger partial charge on any atom is -0.306 e. The highest BCUT2D eigenvalue weighted by Gasteiger charge is 2.11. The van der Waals surface area contributed by atoms with Gasteiger partial charge in [0.15, 0.2) is 0 Å². The maximum Gasteiger partial charge on any atom is 0.0638 e. The van der Waals surface area contributed by atoms with Crippen molar-refractivity contribution in [2.45, 2.75) is 43.7 Å². The van der Waals surface area contributed by atoms with Crippen molar-refractivity contribution in [3.63, 3.8) is 0 Å². The average Bonchev–Trinajstić information content (AvgIpc) is 2.38. The number of benzene rings is 1. The van der Waals surface area contributed by atoms with Crippen molar-refractivity contribution in [1.82, 2.24) is 5.32 Å². The van der Waals surface area contributed by atoms with Gasteiger partial charge in [-0.1, -0.05) is 19.1 Å². The molecule has 0 fully saturated rings. The lowest BCUT2D eigenvalue weighted by atomic mass is 10.1. The zero-order valence-corrected chi connectivity index (χ0v) is 11.6. The summed E-state index contributed by atoms with van der Waals surface area (Å²) in [6, 6.07) is 11.4. The third-order valence-corrected chi connectivity index (χ3v) is 3.68. The lowest BCUT2D eigenvalue weighted by molar-refractivity contribution is 0.448. The molecule has 0 aromatic heterocycles. The molecule has 2 unspecified atom stereocenters. The monoisotopic (exact) mass is 248 g/mol. The smallest absolute Gasteiger partial charge is 0.0638 e. The number of hydrogen-bond donors (Lipinski definition) is 1. The van der Waals surface area contributed by atoms with Gasteiger partial charge in [-0.3, -0.25) is 0 Å². The van der Waals surface area contributed by atoms with Crippen LogP contribution in [0.1, 0.15) is 38.3 Å². The molecule has 2 nitrogen and oxygen atoms in total. The lowest BCUT2D eigenvalue weighted by Crippen LogP contribution is -2.30. The van der Waals surface area contributed by atoms with Crippen LogP contribution >= 0.6 is 11.8 Å². The van der Waals surface area contributed by atoms with Crippen LogP contribution in [0.3, 0.4) is 0 Å². The Morgan fingerprint density at radius 3 is 2.47 bits per heavy atom. The molecule has 1 N–H and O–H groups in total. The fraction of sp³-hybridized carbons (Fsp3) is 0.500. The first-order valence-electron chi connectivity index (χ1n) is 5.98. The summed E-state index contributed by atoms with van der Waals surface area (Å²) >= 11 is 1.75. The molecule has 1 rings (SSSR count). The summed E-state index contributed by atoms with van der Waals surface area (Å²) in [7, 11) is 0. The van der Waals surface area contributed by atoms with E-state index >= 15 is 0 Å². The van der Waals surface area contributed by atoms with Crippen LogP contribution in [0.2, 0.25) is 0 Å². The third kappa shape index (κ3) is 4.41. The Bertz CT molecular complexity index is 367. The van der Waals surface area contributed by atoms with Crippen LogP contribution in [0.5, 0.6) is 0 Å². The summed E-state index contributed by atoms with van der Waals surface area (Å²) in [6.45, 7) is 4.26. The van der Waals surface area contributed by atoms with E-state index < -0.39 is 0 Å². The highest BCUT2D eigenvalue weighted by molar-refractivity contribution is 7.98. The van der Waals surface area contributed by atoms with Gasteiger partial charge in [-0.15, -0.1) is 11.8 Å². The molecular formula is C14H20N2S. The summed E-state index contributed by atoms with van der Waals surface area (Å²) < 4.78 is 0. The first-order valence-corrected chi connectivity index (χ1v) is 7.20. The molecule has 0 heterocycles. The first-order chi connectivity index (χ1) is 8.21. The molecule has 0 saturated heterocycles. The van der Waals surface area contributed by atoms with Crippen molar-refractivity contribution in [2.24, 2.45) is 0 Å². The van der Waals surface area contributed by atoms with Gasteiger partial charge in [0.25, 0.3) is 0 Å². The van der Waals surface area contributed by atoms with Gasteiger partial charge in [0, 0.05) is 17.0 Å². The van der Waals surface area contributed by atoms with E-state index in [0.717, 1.165) is 6.42 Å². The molecule has 0 aliphatic rings. The van der Waals surface area contributed by atoms with Gasteiger partial charge in [-0.25, -0.2) is 0 Å². The van der Waals surface area contributed by atoms with Crippen LogP contribution in [0.4, 0.5) is 0 Å². The molecule has 0 aliphatic heterocycles. The third-order valence-electron chi connectivity index (χ3n) is 2.93. The molecular weight excluding hydrogens is 228 g/mol. The number of rotatable bonds is 6. The van der Waals surface area contributed by atoms with Crippen LogP contribution in [0.25, 0.3) is 0 Å². The summed E-state index contributed by atoms with van der Waals surface area (Å²) in [4.78, 5) is 1.28. The second kappa shape index (κ2) is 7.37. The van der Waals surface area contributed by atoms with Gasteiger partial charge < -0.3 is 5.32 Å². The van der Waals surface area contributed by atoms with Gasteiger partial charge >= 0.3 is 0 Å². The molecule has 1 aromatic rings. The molecule has 0 aliphatic carbocycles. The Labute approximate surface area is 108 Å². The second-order valence-electron chi connectivity index (χ2n) is 4.13. The minimum atomic E-state index is 0.287. The largest absolute Gasteiger partial charge is 0.306 e. The average molecular weight is 248 g/mol. The minimum absolute atomic E-state index is 0.287. The zero-order chi connectivity index (χ0) is 12.7. The predicted octanol–water partition coefficient (Wildman–Crippen LogP) is 3.75. The quantitative estimate of drug-likeness (QED) is 0.779. The topological polar surface area (TPSA) is 35.8 Å². The molecule has 3 heteroatoms.